The summed E-state index contributed by atoms with van der Waals surface area (Å²) in [5, 5.41) is 0. The van der Waals surface area contributed by atoms with Gasteiger partial charge in [-0.1, -0.05) is 44.2 Å². The molecule has 1 aromatic carbocycles. The molecule has 1 rings (SSSR count). The summed E-state index contributed by atoms with van der Waals surface area (Å²) >= 11 is 0. The highest BCUT2D eigenvalue weighted by molar-refractivity contribution is 5.51. The Morgan fingerprint density at radius 1 is 1.20 bits per heavy atom. The summed E-state index contributed by atoms with van der Waals surface area (Å²) in [5.41, 5.74) is 0.653. The van der Waals surface area contributed by atoms with E-state index >= 15 is 0 Å². The fourth-order valence-corrected chi connectivity index (χ4v) is 2.12. The Morgan fingerprint density at radius 3 is 2.50 bits per heavy atom. The van der Waals surface area contributed by atoms with Crippen molar-refractivity contribution in [2.24, 2.45) is 11.8 Å². The smallest absolute Gasteiger partial charge is 0.166 e. The zero-order chi connectivity index (χ0) is 15.1. The van der Waals surface area contributed by atoms with Gasteiger partial charge in [-0.25, -0.2) is 8.78 Å². The summed E-state index contributed by atoms with van der Waals surface area (Å²) in [6.45, 7) is 9.63. The van der Waals surface area contributed by atoms with Crippen molar-refractivity contribution in [3.63, 3.8) is 0 Å². The average molecular weight is 278 g/mol. The first-order chi connectivity index (χ1) is 9.49. The van der Waals surface area contributed by atoms with Crippen LogP contribution in [0, 0.1) is 30.4 Å². The molecule has 0 fully saturated rings. The summed E-state index contributed by atoms with van der Waals surface area (Å²) in [6.07, 6.45) is 8.82. The standard InChI is InChI=1S/C18H24F2/c1-5-15(6-2)10-7-13(3)8-11-16-12-9-14(4)17(19)18(16)20/h5,8-9,11-13,15H,1,6-7,10H2,2-4H3/b11-8+. The molecule has 0 saturated heterocycles. The van der Waals surface area contributed by atoms with Gasteiger partial charge in [0, 0.05) is 5.56 Å². The van der Waals surface area contributed by atoms with E-state index in [0.717, 1.165) is 19.3 Å². The van der Waals surface area contributed by atoms with Crippen molar-refractivity contribution in [1.82, 2.24) is 0 Å². The van der Waals surface area contributed by atoms with E-state index in [1.165, 1.54) is 0 Å². The van der Waals surface area contributed by atoms with E-state index in [-0.39, 0.29) is 0 Å². The minimum atomic E-state index is -0.758. The van der Waals surface area contributed by atoms with Crippen LogP contribution in [0.25, 0.3) is 6.08 Å². The number of allylic oxidation sites excluding steroid dienone is 2. The van der Waals surface area contributed by atoms with Gasteiger partial charge in [-0.3, -0.25) is 0 Å². The van der Waals surface area contributed by atoms with Crippen molar-refractivity contribution in [3.8, 4) is 0 Å². The zero-order valence-electron chi connectivity index (χ0n) is 12.6. The van der Waals surface area contributed by atoms with Crippen molar-refractivity contribution >= 4 is 6.08 Å². The van der Waals surface area contributed by atoms with Crippen molar-refractivity contribution in [3.05, 3.63) is 53.6 Å². The molecule has 1 aromatic rings. The Hall–Kier alpha value is -1.44. The second-order valence-electron chi connectivity index (χ2n) is 5.42. The van der Waals surface area contributed by atoms with Gasteiger partial charge in [0.15, 0.2) is 11.6 Å². The normalized spacial score (nSPS) is 14.4. The van der Waals surface area contributed by atoms with Crippen LogP contribution >= 0.6 is 0 Å². The first-order valence-electron chi connectivity index (χ1n) is 7.24. The molecule has 2 heteroatoms. The molecule has 0 saturated carbocycles. The fourth-order valence-electron chi connectivity index (χ4n) is 2.12. The van der Waals surface area contributed by atoms with Crippen LogP contribution in [0.4, 0.5) is 8.78 Å². The van der Waals surface area contributed by atoms with Gasteiger partial charge in [0.25, 0.3) is 0 Å². The summed E-state index contributed by atoms with van der Waals surface area (Å²) in [4.78, 5) is 0. The van der Waals surface area contributed by atoms with Crippen LogP contribution in [0.2, 0.25) is 0 Å². The molecule has 2 atom stereocenters. The Labute approximate surface area is 121 Å². The van der Waals surface area contributed by atoms with E-state index in [1.54, 1.807) is 25.1 Å². The number of benzene rings is 1. The SMILES string of the molecule is C=CC(CC)CCC(C)/C=C/c1ccc(C)c(F)c1F. The molecule has 0 aliphatic rings. The minimum absolute atomic E-state index is 0.315. The Balaban J connectivity index is 2.64. The third-order valence-corrected chi connectivity index (χ3v) is 3.76. The van der Waals surface area contributed by atoms with Crippen molar-refractivity contribution in [2.75, 3.05) is 0 Å². The number of aryl methyl sites for hydroxylation is 1. The fraction of sp³-hybridized carbons (Fsp3) is 0.444. The van der Waals surface area contributed by atoms with Crippen molar-refractivity contribution < 1.29 is 8.78 Å². The average Bonchev–Trinajstić information content (AvgIpc) is 2.45. The maximum absolute atomic E-state index is 13.7. The van der Waals surface area contributed by atoms with Gasteiger partial charge >= 0.3 is 0 Å². The third-order valence-electron chi connectivity index (χ3n) is 3.76. The quantitative estimate of drug-likeness (QED) is 0.543. The van der Waals surface area contributed by atoms with Crippen LogP contribution < -0.4 is 0 Å². The molecule has 0 aromatic heterocycles. The van der Waals surface area contributed by atoms with E-state index in [0.29, 0.717) is 23.0 Å². The maximum atomic E-state index is 13.7. The van der Waals surface area contributed by atoms with Crippen molar-refractivity contribution in [2.45, 2.75) is 40.0 Å². The molecular formula is C18H24F2. The largest absolute Gasteiger partial charge is 0.203 e. The van der Waals surface area contributed by atoms with Crippen LogP contribution in [-0.2, 0) is 0 Å². The molecule has 0 N–H and O–H groups in total. The molecule has 0 radical (unpaired) electrons. The molecule has 0 heterocycles. The van der Waals surface area contributed by atoms with Crippen LogP contribution in [0.1, 0.15) is 44.2 Å². The van der Waals surface area contributed by atoms with Crippen LogP contribution in [0.5, 0.6) is 0 Å². The molecule has 110 valence electrons. The van der Waals surface area contributed by atoms with Crippen molar-refractivity contribution in [1.29, 1.82) is 0 Å². The lowest BCUT2D eigenvalue weighted by Crippen LogP contribution is -1.98. The monoisotopic (exact) mass is 278 g/mol. The molecular weight excluding hydrogens is 254 g/mol. The highest BCUT2D eigenvalue weighted by Gasteiger charge is 2.09. The molecule has 2 unspecified atom stereocenters. The van der Waals surface area contributed by atoms with Gasteiger partial charge in [-0.05, 0) is 43.6 Å². The Morgan fingerprint density at radius 2 is 1.90 bits per heavy atom. The van der Waals surface area contributed by atoms with Gasteiger partial charge in [0.05, 0.1) is 0 Å². The van der Waals surface area contributed by atoms with E-state index < -0.39 is 11.6 Å². The highest BCUT2D eigenvalue weighted by atomic mass is 19.2. The molecule has 20 heavy (non-hydrogen) atoms. The minimum Gasteiger partial charge on any atom is -0.203 e. The number of hydrogen-bond donors (Lipinski definition) is 0. The lowest BCUT2D eigenvalue weighted by Gasteiger charge is -2.12. The molecule has 0 bridgehead atoms. The summed E-state index contributed by atoms with van der Waals surface area (Å²) in [6, 6.07) is 3.23. The predicted molar refractivity (Wildman–Crippen MR) is 82.5 cm³/mol. The molecule has 0 amide bonds. The van der Waals surface area contributed by atoms with Gasteiger partial charge < -0.3 is 0 Å². The predicted octanol–water partition coefficient (Wildman–Crippen LogP) is 5.91. The number of rotatable bonds is 7. The van der Waals surface area contributed by atoms with Crippen LogP contribution in [-0.4, -0.2) is 0 Å². The molecule has 0 aliphatic heterocycles. The Kier molecular flexibility index (Phi) is 6.63. The summed E-state index contributed by atoms with van der Waals surface area (Å²) in [7, 11) is 0. The van der Waals surface area contributed by atoms with E-state index in [9.17, 15) is 8.78 Å². The van der Waals surface area contributed by atoms with Crippen LogP contribution in [0.3, 0.4) is 0 Å². The van der Waals surface area contributed by atoms with E-state index in [1.807, 2.05) is 12.2 Å². The summed E-state index contributed by atoms with van der Waals surface area (Å²) in [5.74, 6) is -0.629. The lowest BCUT2D eigenvalue weighted by atomic mass is 9.94. The molecule has 0 nitrogen and oxygen atoms in total. The Bertz CT molecular complexity index is 475. The highest BCUT2D eigenvalue weighted by Crippen LogP contribution is 2.20. The first-order valence-corrected chi connectivity index (χ1v) is 7.24. The number of halogens is 2. The number of hydrogen-bond acceptors (Lipinski definition) is 0. The second kappa shape index (κ2) is 7.98. The second-order valence-corrected chi connectivity index (χ2v) is 5.42. The molecule has 0 aliphatic carbocycles. The van der Waals surface area contributed by atoms with E-state index in [2.05, 4.69) is 20.4 Å². The first kappa shape index (κ1) is 16.6. The van der Waals surface area contributed by atoms with Gasteiger partial charge in [-0.2, -0.15) is 0 Å². The zero-order valence-corrected chi connectivity index (χ0v) is 12.6. The van der Waals surface area contributed by atoms with Gasteiger partial charge in [0.1, 0.15) is 0 Å². The molecule has 0 spiro atoms. The van der Waals surface area contributed by atoms with Gasteiger partial charge in [0.2, 0.25) is 0 Å². The summed E-state index contributed by atoms with van der Waals surface area (Å²) < 4.78 is 27.1. The maximum Gasteiger partial charge on any atom is 0.166 e. The van der Waals surface area contributed by atoms with Crippen LogP contribution in [0.15, 0.2) is 30.9 Å². The topological polar surface area (TPSA) is 0 Å². The van der Waals surface area contributed by atoms with E-state index in [4.69, 9.17) is 0 Å². The third kappa shape index (κ3) is 4.59. The lowest BCUT2D eigenvalue weighted by molar-refractivity contribution is 0.497. The van der Waals surface area contributed by atoms with Gasteiger partial charge in [-0.15, -0.1) is 6.58 Å².